The molecule has 1 aromatic heterocycles. The zero-order chi connectivity index (χ0) is 17.1. The Morgan fingerprint density at radius 3 is 2.58 bits per heavy atom. The molecule has 132 valence electrons. The molecule has 1 atom stereocenters. The van der Waals surface area contributed by atoms with Crippen LogP contribution in [-0.2, 0) is 7.05 Å². The number of rotatable bonds is 4. The van der Waals surface area contributed by atoms with Gasteiger partial charge in [0.1, 0.15) is 11.9 Å². The van der Waals surface area contributed by atoms with Gasteiger partial charge >= 0.3 is 0 Å². The molecule has 1 aromatic rings. The lowest BCUT2D eigenvalue weighted by atomic mass is 9.93. The van der Waals surface area contributed by atoms with Crippen molar-refractivity contribution in [3.8, 4) is 0 Å². The summed E-state index contributed by atoms with van der Waals surface area (Å²) in [5, 5.41) is 3.98. The lowest BCUT2D eigenvalue weighted by molar-refractivity contribution is 0.207. The summed E-state index contributed by atoms with van der Waals surface area (Å²) in [4.78, 5) is 14.0. The van der Waals surface area contributed by atoms with Crippen LogP contribution < -0.4 is 10.2 Å². The molecule has 2 bridgehead atoms. The minimum absolute atomic E-state index is 0.120. The van der Waals surface area contributed by atoms with Crippen LogP contribution in [0.25, 0.3) is 0 Å². The van der Waals surface area contributed by atoms with Gasteiger partial charge in [-0.2, -0.15) is 0 Å². The summed E-state index contributed by atoms with van der Waals surface area (Å²) in [7, 11) is 6.27. The van der Waals surface area contributed by atoms with Gasteiger partial charge in [0, 0.05) is 32.7 Å². The van der Waals surface area contributed by atoms with Gasteiger partial charge < -0.3 is 9.80 Å². The molecule has 0 spiro atoms. The van der Waals surface area contributed by atoms with Crippen LogP contribution in [0.1, 0.15) is 57.8 Å². The fraction of sp³-hybridized carbons (Fsp3) is 0.778. The maximum atomic E-state index is 5.00. The topological polar surface area (TPSA) is 48.7 Å². The molecule has 24 heavy (non-hydrogen) atoms. The second kappa shape index (κ2) is 5.48. The van der Waals surface area contributed by atoms with Crippen molar-refractivity contribution in [1.29, 1.82) is 0 Å². The van der Waals surface area contributed by atoms with Gasteiger partial charge in [0.25, 0.3) is 0 Å². The number of hydrogen-bond acceptors (Lipinski definition) is 5. The largest absolute Gasteiger partial charge is 0.344 e. The Hall–Kier alpha value is -1.56. The standard InChI is InChI=1S/C18H30N6/c1-12(2)23(4)17-20-14-15(24(17)5)19-11-22(3)16(14)21-18-8-6-13(10-18)7-9-18/h11-13,16,21H,6-10H2,1-5H3. The van der Waals surface area contributed by atoms with Gasteiger partial charge in [-0.15, -0.1) is 0 Å². The first-order valence-corrected chi connectivity index (χ1v) is 9.23. The lowest BCUT2D eigenvalue weighted by Crippen LogP contribution is -2.49. The SMILES string of the molecule is CC(C)N(C)c1nc2c(n1C)N=CN(C)C2NC12CCC(CC1)C2. The molecule has 1 aliphatic heterocycles. The van der Waals surface area contributed by atoms with Crippen LogP contribution in [-0.4, -0.2) is 46.5 Å². The normalized spacial score (nSPS) is 31.2. The Labute approximate surface area is 144 Å². The smallest absolute Gasteiger partial charge is 0.207 e. The fourth-order valence-corrected chi connectivity index (χ4v) is 4.64. The molecule has 2 fully saturated rings. The number of anilines is 1. The number of aliphatic imine (C=N–C) groups is 1. The number of nitrogens with zero attached hydrogens (tertiary/aromatic N) is 5. The van der Waals surface area contributed by atoms with Crippen LogP contribution in [0.2, 0.25) is 0 Å². The highest BCUT2D eigenvalue weighted by molar-refractivity contribution is 5.67. The van der Waals surface area contributed by atoms with Crippen LogP contribution in [0.15, 0.2) is 4.99 Å². The van der Waals surface area contributed by atoms with Crippen molar-refractivity contribution in [1.82, 2.24) is 19.8 Å². The van der Waals surface area contributed by atoms with Crippen LogP contribution in [0.3, 0.4) is 0 Å². The third-order valence-corrected chi connectivity index (χ3v) is 6.37. The molecule has 2 saturated carbocycles. The average Bonchev–Trinajstić information content (AvgIpc) is 3.23. The van der Waals surface area contributed by atoms with Crippen LogP contribution >= 0.6 is 0 Å². The van der Waals surface area contributed by atoms with Crippen molar-refractivity contribution in [2.24, 2.45) is 18.0 Å². The van der Waals surface area contributed by atoms with Gasteiger partial charge in [-0.05, 0) is 51.9 Å². The molecule has 2 aliphatic carbocycles. The number of nitrogens with one attached hydrogen (secondary N) is 1. The van der Waals surface area contributed by atoms with Crippen molar-refractivity contribution >= 4 is 18.1 Å². The van der Waals surface area contributed by atoms with Gasteiger partial charge in [-0.1, -0.05) is 0 Å². The maximum Gasteiger partial charge on any atom is 0.207 e. The predicted molar refractivity (Wildman–Crippen MR) is 97.8 cm³/mol. The Morgan fingerprint density at radius 2 is 2.00 bits per heavy atom. The molecule has 2 heterocycles. The third kappa shape index (κ3) is 2.34. The first-order valence-electron chi connectivity index (χ1n) is 9.23. The van der Waals surface area contributed by atoms with E-state index in [2.05, 4.69) is 59.7 Å². The molecule has 1 N–H and O–H groups in total. The lowest BCUT2D eigenvalue weighted by Gasteiger charge is -2.37. The number of aromatic nitrogens is 2. The minimum Gasteiger partial charge on any atom is -0.344 e. The Kier molecular flexibility index (Phi) is 3.64. The second-order valence-corrected chi connectivity index (χ2v) is 8.27. The summed E-state index contributed by atoms with van der Waals surface area (Å²) in [6, 6.07) is 0.407. The number of imidazole rings is 1. The zero-order valence-electron chi connectivity index (χ0n) is 15.6. The average molecular weight is 330 g/mol. The maximum absolute atomic E-state index is 5.00. The van der Waals surface area contributed by atoms with Gasteiger partial charge in [0.15, 0.2) is 5.82 Å². The summed E-state index contributed by atoms with van der Waals surface area (Å²) in [6.45, 7) is 4.38. The van der Waals surface area contributed by atoms with Crippen LogP contribution in [0.5, 0.6) is 0 Å². The van der Waals surface area contributed by atoms with E-state index in [9.17, 15) is 0 Å². The van der Waals surface area contributed by atoms with Crippen LogP contribution in [0, 0.1) is 5.92 Å². The molecule has 4 rings (SSSR count). The van der Waals surface area contributed by atoms with E-state index in [1.165, 1.54) is 32.1 Å². The van der Waals surface area contributed by atoms with E-state index in [4.69, 9.17) is 4.98 Å². The predicted octanol–water partition coefficient (Wildman–Crippen LogP) is 2.79. The third-order valence-electron chi connectivity index (χ3n) is 6.37. The summed E-state index contributed by atoms with van der Waals surface area (Å²) < 4.78 is 2.12. The minimum atomic E-state index is 0.120. The summed E-state index contributed by atoms with van der Waals surface area (Å²) in [5.41, 5.74) is 1.38. The number of hydrogen-bond donors (Lipinski definition) is 1. The zero-order valence-corrected chi connectivity index (χ0v) is 15.6. The highest BCUT2D eigenvalue weighted by atomic mass is 15.4. The van der Waals surface area contributed by atoms with Crippen LogP contribution in [0.4, 0.5) is 11.8 Å². The molecule has 6 nitrogen and oxygen atoms in total. The van der Waals surface area contributed by atoms with Crippen molar-refractivity contribution < 1.29 is 0 Å². The van der Waals surface area contributed by atoms with Crippen molar-refractivity contribution in [3.05, 3.63) is 5.69 Å². The summed E-state index contributed by atoms with van der Waals surface area (Å²) in [5.74, 6) is 2.91. The van der Waals surface area contributed by atoms with E-state index in [0.29, 0.717) is 11.6 Å². The molecule has 0 radical (unpaired) electrons. The number of fused-ring (bicyclic) bond motifs is 3. The van der Waals surface area contributed by atoms with Crippen molar-refractivity contribution in [3.63, 3.8) is 0 Å². The Bertz CT molecular complexity index is 653. The van der Waals surface area contributed by atoms with E-state index < -0.39 is 0 Å². The Morgan fingerprint density at radius 1 is 1.29 bits per heavy atom. The monoisotopic (exact) mass is 330 g/mol. The van der Waals surface area contributed by atoms with Gasteiger partial charge in [0.2, 0.25) is 5.95 Å². The van der Waals surface area contributed by atoms with Crippen molar-refractivity contribution in [2.45, 2.75) is 63.7 Å². The first kappa shape index (κ1) is 15.9. The quantitative estimate of drug-likeness (QED) is 0.922. The molecule has 6 heteroatoms. The molecular formula is C18H30N6. The van der Waals surface area contributed by atoms with E-state index in [1.807, 2.05) is 6.34 Å². The van der Waals surface area contributed by atoms with Gasteiger partial charge in [-0.25, -0.2) is 9.98 Å². The second-order valence-electron chi connectivity index (χ2n) is 8.27. The van der Waals surface area contributed by atoms with Gasteiger partial charge in [-0.3, -0.25) is 9.88 Å². The van der Waals surface area contributed by atoms with E-state index in [-0.39, 0.29) is 6.17 Å². The van der Waals surface area contributed by atoms with E-state index in [1.54, 1.807) is 0 Å². The molecule has 3 aliphatic rings. The first-order chi connectivity index (χ1) is 11.4. The molecule has 0 amide bonds. The molecule has 0 saturated heterocycles. The highest BCUT2D eigenvalue weighted by Gasteiger charge is 2.47. The Balaban J connectivity index is 1.67. The fourth-order valence-electron chi connectivity index (χ4n) is 4.64. The molecule has 1 unspecified atom stereocenters. The summed E-state index contributed by atoms with van der Waals surface area (Å²) >= 11 is 0. The van der Waals surface area contributed by atoms with Crippen molar-refractivity contribution in [2.75, 3.05) is 19.0 Å². The highest BCUT2D eigenvalue weighted by Crippen LogP contribution is 2.49. The molecular weight excluding hydrogens is 300 g/mol. The van der Waals surface area contributed by atoms with Gasteiger partial charge in [0.05, 0.1) is 6.34 Å². The van der Waals surface area contributed by atoms with E-state index >= 15 is 0 Å². The summed E-state index contributed by atoms with van der Waals surface area (Å²) in [6.07, 6.45) is 8.77. The molecule has 0 aromatic carbocycles. The van der Waals surface area contributed by atoms with E-state index in [0.717, 1.165) is 23.4 Å².